The standard InChI is InChI=1S/C26H30N2O6/c1-14(26-11-17-6-18(12-26)8-19(7-17)13-26)28-24(31)20(23(30)27-25(28)32)9-16-4-5-21(34-15(2)29)22(10-16)33-3/h4-5,9-10,14,17-19H,6-8,11-13H2,1-3H3,(H,27,30,32). The lowest BCUT2D eigenvalue weighted by atomic mass is 9.47. The second-order valence-corrected chi connectivity index (χ2v) is 10.5. The maximum atomic E-state index is 13.5. The molecule has 4 amide bonds. The van der Waals surface area contributed by atoms with Crippen LogP contribution in [0.4, 0.5) is 4.79 Å². The molecule has 1 aromatic rings. The van der Waals surface area contributed by atoms with Gasteiger partial charge in [-0.2, -0.15) is 0 Å². The Morgan fingerprint density at radius 3 is 2.26 bits per heavy atom. The van der Waals surface area contributed by atoms with Gasteiger partial charge in [-0.05, 0) is 92.4 Å². The molecule has 4 aliphatic carbocycles. The molecule has 1 atom stereocenters. The van der Waals surface area contributed by atoms with Crippen molar-refractivity contribution in [3.63, 3.8) is 0 Å². The minimum Gasteiger partial charge on any atom is -0.493 e. The predicted molar refractivity (Wildman–Crippen MR) is 123 cm³/mol. The van der Waals surface area contributed by atoms with E-state index in [1.807, 2.05) is 6.92 Å². The Labute approximate surface area is 198 Å². The summed E-state index contributed by atoms with van der Waals surface area (Å²) in [6.07, 6.45) is 8.36. The third kappa shape index (κ3) is 3.79. The van der Waals surface area contributed by atoms with Gasteiger partial charge in [0.25, 0.3) is 11.8 Å². The van der Waals surface area contributed by atoms with Crippen LogP contribution >= 0.6 is 0 Å². The number of benzene rings is 1. The number of hydrogen-bond donors (Lipinski definition) is 1. The van der Waals surface area contributed by atoms with Crippen molar-refractivity contribution in [1.82, 2.24) is 10.2 Å². The third-order valence-electron chi connectivity index (χ3n) is 8.24. The molecule has 0 radical (unpaired) electrons. The molecule has 4 bridgehead atoms. The van der Waals surface area contributed by atoms with Crippen LogP contribution in [-0.4, -0.2) is 41.9 Å². The van der Waals surface area contributed by atoms with Crippen LogP contribution in [0, 0.1) is 23.2 Å². The second kappa shape index (κ2) is 8.25. The Kier molecular flexibility index (Phi) is 5.49. The largest absolute Gasteiger partial charge is 0.493 e. The van der Waals surface area contributed by atoms with E-state index in [4.69, 9.17) is 9.47 Å². The van der Waals surface area contributed by atoms with Crippen LogP contribution in [0.15, 0.2) is 23.8 Å². The first-order chi connectivity index (χ1) is 16.2. The van der Waals surface area contributed by atoms with Gasteiger partial charge in [-0.25, -0.2) is 4.79 Å². The number of esters is 1. The van der Waals surface area contributed by atoms with Gasteiger partial charge in [0.05, 0.1) is 7.11 Å². The number of hydrogen-bond acceptors (Lipinski definition) is 6. The second-order valence-electron chi connectivity index (χ2n) is 10.5. The number of methoxy groups -OCH3 is 1. The number of urea groups is 1. The summed E-state index contributed by atoms with van der Waals surface area (Å²) in [7, 11) is 1.44. The predicted octanol–water partition coefficient (Wildman–Crippen LogP) is 3.69. The van der Waals surface area contributed by atoms with Crippen LogP contribution in [0.2, 0.25) is 0 Å². The average molecular weight is 467 g/mol. The zero-order chi connectivity index (χ0) is 24.2. The molecule has 1 N–H and O–H groups in total. The van der Waals surface area contributed by atoms with E-state index in [1.54, 1.807) is 18.2 Å². The van der Waals surface area contributed by atoms with Crippen LogP contribution in [0.5, 0.6) is 11.5 Å². The SMILES string of the molecule is COc1cc(C=C2C(=O)NC(=O)N(C(C)C34CC5CC(CC(C5)C3)C4)C2=O)ccc1OC(C)=O. The fourth-order valence-electron chi connectivity index (χ4n) is 7.17. The summed E-state index contributed by atoms with van der Waals surface area (Å²) >= 11 is 0. The fraction of sp³-hybridized carbons (Fsp3) is 0.538. The van der Waals surface area contributed by atoms with Gasteiger partial charge in [0.15, 0.2) is 11.5 Å². The lowest BCUT2D eigenvalue weighted by Crippen LogP contribution is -2.63. The Morgan fingerprint density at radius 2 is 1.71 bits per heavy atom. The Bertz CT molecular complexity index is 1070. The fourth-order valence-corrected chi connectivity index (χ4v) is 7.17. The topological polar surface area (TPSA) is 102 Å². The molecule has 4 saturated carbocycles. The maximum absolute atomic E-state index is 13.5. The van der Waals surface area contributed by atoms with Crippen LogP contribution in [0.3, 0.4) is 0 Å². The monoisotopic (exact) mass is 466 g/mol. The van der Waals surface area contributed by atoms with Crippen molar-refractivity contribution in [2.24, 2.45) is 23.2 Å². The lowest BCUT2D eigenvalue weighted by Gasteiger charge is -2.60. The molecule has 0 aromatic heterocycles. The van der Waals surface area contributed by atoms with Crippen LogP contribution in [-0.2, 0) is 14.4 Å². The number of barbiturate groups is 1. The quantitative estimate of drug-likeness (QED) is 0.307. The maximum Gasteiger partial charge on any atom is 0.331 e. The molecule has 5 fully saturated rings. The number of amides is 4. The van der Waals surface area contributed by atoms with E-state index in [0.29, 0.717) is 29.1 Å². The molecule has 8 heteroatoms. The molecule has 6 rings (SSSR count). The summed E-state index contributed by atoms with van der Waals surface area (Å²) in [5.74, 6) is 0.794. The molecule has 1 saturated heterocycles. The van der Waals surface area contributed by atoms with E-state index in [9.17, 15) is 19.2 Å². The molecule has 1 aliphatic heterocycles. The number of nitrogens with zero attached hydrogens (tertiary/aromatic N) is 1. The van der Waals surface area contributed by atoms with Gasteiger partial charge < -0.3 is 9.47 Å². The van der Waals surface area contributed by atoms with Gasteiger partial charge in [0.1, 0.15) is 5.57 Å². The summed E-state index contributed by atoms with van der Waals surface area (Å²) in [6, 6.07) is 3.81. The molecule has 1 heterocycles. The molecule has 5 aliphatic rings. The van der Waals surface area contributed by atoms with Crippen molar-refractivity contribution in [2.75, 3.05) is 7.11 Å². The number of carbonyl (C=O) groups is 4. The van der Waals surface area contributed by atoms with E-state index < -0.39 is 23.8 Å². The summed E-state index contributed by atoms with van der Waals surface area (Å²) in [4.78, 5) is 51.6. The molecular formula is C26H30N2O6. The van der Waals surface area contributed by atoms with Crippen molar-refractivity contribution >= 4 is 29.9 Å². The highest BCUT2D eigenvalue weighted by molar-refractivity contribution is 6.31. The zero-order valence-electron chi connectivity index (χ0n) is 19.8. The molecule has 34 heavy (non-hydrogen) atoms. The molecule has 180 valence electrons. The summed E-state index contributed by atoms with van der Waals surface area (Å²) in [5.41, 5.74) is 0.351. The van der Waals surface area contributed by atoms with Gasteiger partial charge in [0, 0.05) is 13.0 Å². The first kappa shape index (κ1) is 22.6. The zero-order valence-corrected chi connectivity index (χ0v) is 19.8. The average Bonchev–Trinajstić information content (AvgIpc) is 2.76. The Balaban J connectivity index is 1.44. The summed E-state index contributed by atoms with van der Waals surface area (Å²) < 4.78 is 10.4. The normalized spacial score (nSPS) is 32.1. The van der Waals surface area contributed by atoms with Crippen molar-refractivity contribution in [3.8, 4) is 11.5 Å². The Morgan fingerprint density at radius 1 is 1.09 bits per heavy atom. The molecule has 8 nitrogen and oxygen atoms in total. The van der Waals surface area contributed by atoms with E-state index in [2.05, 4.69) is 5.32 Å². The van der Waals surface area contributed by atoms with E-state index in [1.165, 1.54) is 44.3 Å². The van der Waals surface area contributed by atoms with Gasteiger partial charge in [0.2, 0.25) is 0 Å². The van der Waals surface area contributed by atoms with Gasteiger partial charge in [-0.3, -0.25) is 24.6 Å². The van der Waals surface area contributed by atoms with Crippen molar-refractivity contribution in [2.45, 2.75) is 58.4 Å². The lowest BCUT2D eigenvalue weighted by molar-refractivity contribution is -0.139. The van der Waals surface area contributed by atoms with E-state index in [-0.39, 0.29) is 22.8 Å². The van der Waals surface area contributed by atoms with Crippen LogP contribution < -0.4 is 14.8 Å². The number of imide groups is 2. The number of carbonyl (C=O) groups excluding carboxylic acids is 4. The van der Waals surface area contributed by atoms with E-state index in [0.717, 1.165) is 19.3 Å². The minimum atomic E-state index is -0.716. The molecule has 0 spiro atoms. The number of rotatable bonds is 5. The van der Waals surface area contributed by atoms with Crippen molar-refractivity contribution in [3.05, 3.63) is 29.3 Å². The van der Waals surface area contributed by atoms with Gasteiger partial charge in [-0.15, -0.1) is 0 Å². The highest BCUT2D eigenvalue weighted by Crippen LogP contribution is 2.62. The highest BCUT2D eigenvalue weighted by atomic mass is 16.6. The van der Waals surface area contributed by atoms with Gasteiger partial charge in [-0.1, -0.05) is 6.07 Å². The van der Waals surface area contributed by atoms with Crippen molar-refractivity contribution in [1.29, 1.82) is 0 Å². The number of nitrogens with one attached hydrogen (secondary N) is 1. The smallest absolute Gasteiger partial charge is 0.331 e. The Hall–Kier alpha value is -3.16. The first-order valence-electron chi connectivity index (χ1n) is 12.0. The van der Waals surface area contributed by atoms with Gasteiger partial charge >= 0.3 is 12.0 Å². The summed E-state index contributed by atoms with van der Waals surface area (Å²) in [5, 5.41) is 2.37. The summed E-state index contributed by atoms with van der Waals surface area (Å²) in [6.45, 7) is 3.26. The third-order valence-corrected chi connectivity index (χ3v) is 8.24. The highest BCUT2D eigenvalue weighted by Gasteiger charge is 2.56. The molecule has 1 aromatic carbocycles. The number of ether oxygens (including phenoxy) is 2. The molecule has 1 unspecified atom stereocenters. The van der Waals surface area contributed by atoms with Crippen LogP contribution in [0.1, 0.15) is 57.9 Å². The molecular weight excluding hydrogens is 436 g/mol. The van der Waals surface area contributed by atoms with E-state index >= 15 is 0 Å². The van der Waals surface area contributed by atoms with Crippen LogP contribution in [0.25, 0.3) is 6.08 Å². The van der Waals surface area contributed by atoms with Crippen molar-refractivity contribution < 1.29 is 28.7 Å². The minimum absolute atomic E-state index is 0.0673. The first-order valence-corrected chi connectivity index (χ1v) is 12.0.